The first-order chi connectivity index (χ1) is 16.4. The van der Waals surface area contributed by atoms with E-state index in [0.717, 1.165) is 11.1 Å². The minimum Gasteiger partial charge on any atom is -0.322 e. The van der Waals surface area contributed by atoms with E-state index in [1.165, 1.54) is 0 Å². The monoisotopic (exact) mass is 556 g/mol. The number of rotatable bonds is 6. The summed E-state index contributed by atoms with van der Waals surface area (Å²) < 4.78 is 1.58. The summed E-state index contributed by atoms with van der Waals surface area (Å²) in [4.78, 5) is 25.2. The van der Waals surface area contributed by atoms with Gasteiger partial charge >= 0.3 is 0 Å². The summed E-state index contributed by atoms with van der Waals surface area (Å²) in [5, 5.41) is 11.5. The Morgan fingerprint density at radius 2 is 1.59 bits per heavy atom. The highest BCUT2D eigenvalue weighted by atomic mass is 79.9. The molecule has 0 saturated carbocycles. The van der Waals surface area contributed by atoms with Gasteiger partial charge < -0.3 is 10.6 Å². The maximum atomic E-state index is 12.7. The molecule has 0 bridgehead atoms. The number of aryl methyl sites for hydroxylation is 1. The number of nitrogens with zero attached hydrogens (tertiary/aromatic N) is 2. The molecule has 4 aromatic rings. The maximum absolute atomic E-state index is 12.7. The normalized spacial score (nSPS) is 10.7. The smallest absolute Gasteiger partial charge is 0.258 e. The first-order valence-corrected chi connectivity index (χ1v) is 12.1. The van der Waals surface area contributed by atoms with E-state index in [2.05, 4.69) is 31.7 Å². The van der Waals surface area contributed by atoms with Crippen LogP contribution in [0.4, 0.5) is 11.5 Å². The van der Waals surface area contributed by atoms with Crippen LogP contribution in [0, 0.1) is 0 Å². The average Bonchev–Trinajstić information content (AvgIpc) is 3.19. The minimum absolute atomic E-state index is 0.289. The Labute approximate surface area is 215 Å². The molecular formula is C25H19BrCl2N4O2. The number of nitrogens with one attached hydrogen (secondary N) is 2. The van der Waals surface area contributed by atoms with Crippen LogP contribution in [0.2, 0.25) is 10.0 Å². The van der Waals surface area contributed by atoms with Crippen LogP contribution < -0.4 is 10.6 Å². The van der Waals surface area contributed by atoms with Gasteiger partial charge in [-0.2, -0.15) is 5.10 Å². The number of hydrogen-bond acceptors (Lipinski definition) is 3. The zero-order chi connectivity index (χ0) is 24.2. The number of amides is 2. The molecular weight excluding hydrogens is 539 g/mol. The molecule has 3 aromatic carbocycles. The summed E-state index contributed by atoms with van der Waals surface area (Å²) in [6.07, 6.45) is 0. The molecule has 34 heavy (non-hydrogen) atoms. The van der Waals surface area contributed by atoms with E-state index in [1.807, 2.05) is 18.2 Å². The Balaban J connectivity index is 1.48. The highest BCUT2D eigenvalue weighted by Gasteiger charge is 2.15. The summed E-state index contributed by atoms with van der Waals surface area (Å²) >= 11 is 15.8. The molecule has 0 saturated heterocycles. The summed E-state index contributed by atoms with van der Waals surface area (Å²) in [7, 11) is 1.74. The molecule has 1 heterocycles. The fourth-order valence-corrected chi connectivity index (χ4v) is 4.46. The molecule has 0 aliphatic rings. The lowest BCUT2D eigenvalue weighted by Gasteiger charge is -2.09. The number of aromatic nitrogens is 2. The third-order valence-corrected chi connectivity index (χ3v) is 6.53. The molecule has 0 atom stereocenters. The third kappa shape index (κ3) is 5.17. The number of alkyl halides is 1. The van der Waals surface area contributed by atoms with Crippen molar-refractivity contribution in [3.8, 4) is 11.3 Å². The van der Waals surface area contributed by atoms with Crippen LogP contribution in [0.3, 0.4) is 0 Å². The molecule has 0 radical (unpaired) electrons. The van der Waals surface area contributed by atoms with Gasteiger partial charge in [0.2, 0.25) is 0 Å². The molecule has 0 unspecified atom stereocenters. The predicted molar refractivity (Wildman–Crippen MR) is 140 cm³/mol. The van der Waals surface area contributed by atoms with Gasteiger partial charge in [0.15, 0.2) is 0 Å². The van der Waals surface area contributed by atoms with Crippen LogP contribution in [-0.4, -0.2) is 21.6 Å². The molecule has 0 aliphatic heterocycles. The van der Waals surface area contributed by atoms with Crippen LogP contribution in [0.5, 0.6) is 0 Å². The minimum atomic E-state index is -0.319. The molecule has 4 rings (SSSR count). The van der Waals surface area contributed by atoms with Crippen LogP contribution >= 0.6 is 39.1 Å². The largest absolute Gasteiger partial charge is 0.322 e. The van der Waals surface area contributed by atoms with E-state index in [-0.39, 0.29) is 11.8 Å². The third-order valence-electron chi connectivity index (χ3n) is 5.15. The number of anilines is 2. The number of carbonyl (C=O) groups excluding carboxylic acids is 2. The topological polar surface area (TPSA) is 76.0 Å². The Morgan fingerprint density at radius 1 is 0.912 bits per heavy atom. The first kappa shape index (κ1) is 24.0. The Morgan fingerprint density at radius 3 is 2.29 bits per heavy atom. The van der Waals surface area contributed by atoms with Gasteiger partial charge in [-0.05, 0) is 35.9 Å². The Kier molecular flexibility index (Phi) is 7.36. The molecule has 9 heteroatoms. The second-order valence-electron chi connectivity index (χ2n) is 7.42. The standard InChI is InChI=1S/C25H19BrCl2N4O2/c1-32-22(30-24(33)18-6-2-3-8-20(18)27)13-21(31-32)15-9-11-17(12-10-15)29-25(34)19-7-4-5-16(14-26)23(19)28/h2-13H,14H2,1H3,(H,29,34)(H,30,33). The summed E-state index contributed by atoms with van der Waals surface area (Å²) in [6.45, 7) is 0. The quantitative estimate of drug-likeness (QED) is 0.256. The Hall–Kier alpha value is -3.13. The van der Waals surface area contributed by atoms with E-state index in [4.69, 9.17) is 23.2 Å². The van der Waals surface area contributed by atoms with Gasteiger partial charge in [0.1, 0.15) is 5.82 Å². The van der Waals surface area contributed by atoms with Gasteiger partial charge in [0.25, 0.3) is 11.8 Å². The zero-order valence-corrected chi connectivity index (χ0v) is 21.1. The summed E-state index contributed by atoms with van der Waals surface area (Å²) in [5.41, 5.74) is 3.75. The zero-order valence-electron chi connectivity index (χ0n) is 18.0. The lowest BCUT2D eigenvalue weighted by molar-refractivity contribution is 0.101. The number of carbonyl (C=O) groups is 2. The maximum Gasteiger partial charge on any atom is 0.258 e. The van der Waals surface area contributed by atoms with Gasteiger partial charge in [0.05, 0.1) is 26.9 Å². The molecule has 0 fully saturated rings. The molecule has 2 N–H and O–H groups in total. The number of hydrogen-bond donors (Lipinski definition) is 2. The fourth-order valence-electron chi connectivity index (χ4n) is 3.34. The SMILES string of the molecule is Cn1nc(-c2ccc(NC(=O)c3cccc(CBr)c3Cl)cc2)cc1NC(=O)c1ccccc1Cl. The predicted octanol–water partition coefficient (Wildman–Crippen LogP) is 6.79. The van der Waals surface area contributed by atoms with Crippen molar-refractivity contribution < 1.29 is 9.59 Å². The van der Waals surface area contributed by atoms with Gasteiger partial charge in [-0.1, -0.05) is 75.5 Å². The number of halogens is 3. The summed E-state index contributed by atoms with van der Waals surface area (Å²) in [5.74, 6) is -0.0811. The average molecular weight is 558 g/mol. The van der Waals surface area contributed by atoms with Crippen molar-refractivity contribution in [3.05, 3.63) is 99.5 Å². The van der Waals surface area contributed by atoms with Crippen molar-refractivity contribution in [3.63, 3.8) is 0 Å². The lowest BCUT2D eigenvalue weighted by Crippen LogP contribution is -2.14. The Bertz CT molecular complexity index is 1370. The van der Waals surface area contributed by atoms with Gasteiger partial charge in [-0.25, -0.2) is 0 Å². The van der Waals surface area contributed by atoms with Crippen molar-refractivity contribution in [1.82, 2.24) is 9.78 Å². The molecule has 6 nitrogen and oxygen atoms in total. The van der Waals surface area contributed by atoms with Crippen LogP contribution in [0.1, 0.15) is 26.3 Å². The van der Waals surface area contributed by atoms with Crippen LogP contribution in [0.15, 0.2) is 72.8 Å². The van der Waals surface area contributed by atoms with Crippen LogP contribution in [0.25, 0.3) is 11.3 Å². The van der Waals surface area contributed by atoms with E-state index >= 15 is 0 Å². The van der Waals surface area contributed by atoms with Crippen molar-refractivity contribution >= 4 is 62.5 Å². The van der Waals surface area contributed by atoms with E-state index in [9.17, 15) is 9.59 Å². The highest BCUT2D eigenvalue weighted by Crippen LogP contribution is 2.26. The van der Waals surface area contributed by atoms with E-state index in [1.54, 1.807) is 66.3 Å². The van der Waals surface area contributed by atoms with Gasteiger partial charge in [0, 0.05) is 29.7 Å². The van der Waals surface area contributed by atoms with Crippen LogP contribution in [-0.2, 0) is 12.4 Å². The molecule has 172 valence electrons. The molecule has 2 amide bonds. The van der Waals surface area contributed by atoms with E-state index < -0.39 is 0 Å². The second-order valence-corrected chi connectivity index (χ2v) is 8.76. The fraction of sp³-hybridized carbons (Fsp3) is 0.0800. The van der Waals surface area contributed by atoms with Crippen molar-refractivity contribution in [2.45, 2.75) is 5.33 Å². The molecule has 1 aromatic heterocycles. The first-order valence-electron chi connectivity index (χ1n) is 10.2. The van der Waals surface area contributed by atoms with Crippen molar-refractivity contribution in [2.24, 2.45) is 7.05 Å². The van der Waals surface area contributed by atoms with E-state index in [0.29, 0.717) is 43.7 Å². The highest BCUT2D eigenvalue weighted by molar-refractivity contribution is 9.08. The number of benzene rings is 3. The van der Waals surface area contributed by atoms with Crippen molar-refractivity contribution in [1.29, 1.82) is 0 Å². The summed E-state index contributed by atoms with van der Waals surface area (Å²) in [6, 6.07) is 21.2. The van der Waals surface area contributed by atoms with Gasteiger partial charge in [-0.15, -0.1) is 0 Å². The lowest BCUT2D eigenvalue weighted by atomic mass is 10.1. The molecule has 0 aliphatic carbocycles. The van der Waals surface area contributed by atoms with Crippen molar-refractivity contribution in [2.75, 3.05) is 10.6 Å². The molecule has 0 spiro atoms. The second kappa shape index (κ2) is 10.4. The van der Waals surface area contributed by atoms with Gasteiger partial charge in [-0.3, -0.25) is 14.3 Å².